The largest absolute Gasteiger partial charge is 0.342 e. The van der Waals surface area contributed by atoms with E-state index in [2.05, 4.69) is 30.7 Å². The van der Waals surface area contributed by atoms with E-state index >= 15 is 0 Å². The molecule has 96 valence electrons. The standard InChI is InChI=1S/C14H24N2O/c1-14(2,12-4-5-12)13(17)16-8-10-6-15(3)7-11(10)9-16/h10-12H,4-9H2,1-3H3/t10-,11+. The lowest BCUT2D eigenvalue weighted by molar-refractivity contribution is -0.140. The molecule has 1 aliphatic carbocycles. The predicted octanol–water partition coefficient (Wildman–Crippen LogP) is 1.44. The van der Waals surface area contributed by atoms with Crippen LogP contribution in [0, 0.1) is 23.2 Å². The number of rotatable bonds is 2. The molecule has 0 aromatic rings. The molecule has 0 unspecified atom stereocenters. The highest BCUT2D eigenvalue weighted by atomic mass is 16.2. The second-order valence-electron chi connectivity index (χ2n) is 6.95. The second-order valence-corrected chi connectivity index (χ2v) is 6.95. The summed E-state index contributed by atoms with van der Waals surface area (Å²) in [6, 6.07) is 0. The van der Waals surface area contributed by atoms with E-state index in [-0.39, 0.29) is 5.41 Å². The molecule has 2 atom stereocenters. The molecule has 0 aromatic heterocycles. The average molecular weight is 236 g/mol. The minimum absolute atomic E-state index is 0.107. The summed E-state index contributed by atoms with van der Waals surface area (Å²) in [4.78, 5) is 17.1. The van der Waals surface area contributed by atoms with Crippen molar-refractivity contribution < 1.29 is 4.79 Å². The summed E-state index contributed by atoms with van der Waals surface area (Å²) in [5, 5.41) is 0. The minimum atomic E-state index is -0.107. The number of nitrogens with zero attached hydrogens (tertiary/aromatic N) is 2. The number of carbonyl (C=O) groups is 1. The van der Waals surface area contributed by atoms with Crippen LogP contribution in [0.2, 0.25) is 0 Å². The molecule has 0 N–H and O–H groups in total. The summed E-state index contributed by atoms with van der Waals surface area (Å²) in [6.07, 6.45) is 2.50. The first-order valence-corrected chi connectivity index (χ1v) is 6.96. The molecule has 2 aliphatic heterocycles. The molecule has 0 spiro atoms. The van der Waals surface area contributed by atoms with Crippen LogP contribution < -0.4 is 0 Å². The van der Waals surface area contributed by atoms with Crippen LogP contribution >= 0.6 is 0 Å². The number of likely N-dealkylation sites (tertiary alicyclic amines) is 2. The molecule has 1 saturated carbocycles. The molecule has 2 heterocycles. The van der Waals surface area contributed by atoms with Gasteiger partial charge in [-0.25, -0.2) is 0 Å². The van der Waals surface area contributed by atoms with Crippen molar-refractivity contribution in [2.75, 3.05) is 33.2 Å². The van der Waals surface area contributed by atoms with E-state index in [9.17, 15) is 4.79 Å². The summed E-state index contributed by atoms with van der Waals surface area (Å²) < 4.78 is 0. The lowest BCUT2D eigenvalue weighted by atomic mass is 9.86. The number of carbonyl (C=O) groups excluding carboxylic acids is 1. The van der Waals surface area contributed by atoms with Crippen molar-refractivity contribution in [1.82, 2.24) is 9.80 Å². The minimum Gasteiger partial charge on any atom is -0.342 e. The maximum Gasteiger partial charge on any atom is 0.228 e. The lowest BCUT2D eigenvalue weighted by Gasteiger charge is -2.30. The summed E-state index contributed by atoms with van der Waals surface area (Å²) in [5.41, 5.74) is -0.107. The molecule has 3 nitrogen and oxygen atoms in total. The van der Waals surface area contributed by atoms with Crippen LogP contribution in [0.4, 0.5) is 0 Å². The van der Waals surface area contributed by atoms with Gasteiger partial charge in [0.2, 0.25) is 5.91 Å². The zero-order valence-electron chi connectivity index (χ0n) is 11.3. The number of fused-ring (bicyclic) bond motifs is 1. The van der Waals surface area contributed by atoms with Crippen molar-refractivity contribution in [1.29, 1.82) is 0 Å². The normalized spacial score (nSPS) is 34.2. The van der Waals surface area contributed by atoms with E-state index in [1.807, 2.05) is 0 Å². The highest BCUT2D eigenvalue weighted by Gasteiger charge is 2.48. The Hall–Kier alpha value is -0.570. The Labute approximate surface area is 104 Å². The zero-order chi connectivity index (χ0) is 12.2. The van der Waals surface area contributed by atoms with Crippen LogP contribution in [0.3, 0.4) is 0 Å². The van der Waals surface area contributed by atoms with Crippen LogP contribution in [-0.4, -0.2) is 48.9 Å². The second kappa shape index (κ2) is 3.71. The van der Waals surface area contributed by atoms with Gasteiger partial charge in [0.25, 0.3) is 0 Å². The van der Waals surface area contributed by atoms with Gasteiger partial charge in [-0.05, 0) is 37.6 Å². The zero-order valence-corrected chi connectivity index (χ0v) is 11.3. The van der Waals surface area contributed by atoms with Crippen LogP contribution in [-0.2, 0) is 4.79 Å². The molecular weight excluding hydrogens is 212 g/mol. The Morgan fingerprint density at radius 2 is 1.59 bits per heavy atom. The Morgan fingerprint density at radius 3 is 2.06 bits per heavy atom. The van der Waals surface area contributed by atoms with E-state index in [0.29, 0.717) is 11.8 Å². The summed E-state index contributed by atoms with van der Waals surface area (Å²) in [5.74, 6) is 2.54. The van der Waals surface area contributed by atoms with Gasteiger partial charge < -0.3 is 9.80 Å². The molecule has 1 amide bonds. The highest BCUT2D eigenvalue weighted by Crippen LogP contribution is 2.47. The lowest BCUT2D eigenvalue weighted by Crippen LogP contribution is -2.42. The molecule has 0 bridgehead atoms. The van der Waals surface area contributed by atoms with Crippen molar-refractivity contribution in [3.05, 3.63) is 0 Å². The van der Waals surface area contributed by atoms with Crippen LogP contribution in [0.5, 0.6) is 0 Å². The van der Waals surface area contributed by atoms with Gasteiger partial charge in [0, 0.05) is 31.6 Å². The molecule has 3 aliphatic rings. The first-order chi connectivity index (χ1) is 7.98. The van der Waals surface area contributed by atoms with Crippen LogP contribution in [0.15, 0.2) is 0 Å². The van der Waals surface area contributed by atoms with E-state index in [4.69, 9.17) is 0 Å². The molecule has 3 heteroatoms. The third kappa shape index (κ3) is 1.88. The van der Waals surface area contributed by atoms with Gasteiger partial charge in [-0.2, -0.15) is 0 Å². The van der Waals surface area contributed by atoms with E-state index in [0.717, 1.165) is 24.9 Å². The Kier molecular flexibility index (Phi) is 2.51. The van der Waals surface area contributed by atoms with Crippen LogP contribution in [0.25, 0.3) is 0 Å². The quantitative estimate of drug-likeness (QED) is 0.724. The molecule has 3 rings (SSSR count). The molecular formula is C14H24N2O. The van der Waals surface area contributed by atoms with Gasteiger partial charge in [-0.3, -0.25) is 4.79 Å². The molecule has 0 radical (unpaired) electrons. The van der Waals surface area contributed by atoms with E-state index < -0.39 is 0 Å². The van der Waals surface area contributed by atoms with Gasteiger partial charge >= 0.3 is 0 Å². The Bertz CT molecular complexity index is 321. The first kappa shape index (κ1) is 11.5. The molecule has 17 heavy (non-hydrogen) atoms. The fourth-order valence-electron chi connectivity index (χ4n) is 3.78. The highest BCUT2D eigenvalue weighted by molar-refractivity contribution is 5.83. The van der Waals surface area contributed by atoms with Crippen molar-refractivity contribution in [2.45, 2.75) is 26.7 Å². The molecule has 3 fully saturated rings. The molecule has 0 aromatic carbocycles. The smallest absolute Gasteiger partial charge is 0.228 e. The van der Waals surface area contributed by atoms with Gasteiger partial charge in [0.1, 0.15) is 0 Å². The molecule has 2 saturated heterocycles. The van der Waals surface area contributed by atoms with Gasteiger partial charge in [0.05, 0.1) is 0 Å². The maximum absolute atomic E-state index is 12.6. The summed E-state index contributed by atoms with van der Waals surface area (Å²) in [7, 11) is 2.19. The number of hydrogen-bond donors (Lipinski definition) is 0. The topological polar surface area (TPSA) is 23.6 Å². The van der Waals surface area contributed by atoms with Gasteiger partial charge in [0.15, 0.2) is 0 Å². The average Bonchev–Trinajstić information content (AvgIpc) is 2.96. The van der Waals surface area contributed by atoms with Gasteiger partial charge in [-0.1, -0.05) is 13.8 Å². The van der Waals surface area contributed by atoms with E-state index in [1.165, 1.54) is 25.9 Å². The van der Waals surface area contributed by atoms with Gasteiger partial charge in [-0.15, -0.1) is 0 Å². The first-order valence-electron chi connectivity index (χ1n) is 6.96. The van der Waals surface area contributed by atoms with Crippen molar-refractivity contribution >= 4 is 5.91 Å². The van der Waals surface area contributed by atoms with E-state index in [1.54, 1.807) is 0 Å². The number of hydrogen-bond acceptors (Lipinski definition) is 2. The predicted molar refractivity (Wildman–Crippen MR) is 67.6 cm³/mol. The SMILES string of the molecule is CN1C[C@@H]2CN(C(=O)C(C)(C)C3CC3)C[C@@H]2C1. The Balaban J connectivity index is 1.65. The Morgan fingerprint density at radius 1 is 1.06 bits per heavy atom. The van der Waals surface area contributed by atoms with Crippen LogP contribution in [0.1, 0.15) is 26.7 Å². The maximum atomic E-state index is 12.6. The van der Waals surface area contributed by atoms with Crippen molar-refractivity contribution in [3.63, 3.8) is 0 Å². The third-order valence-corrected chi connectivity index (χ3v) is 5.11. The fraction of sp³-hybridized carbons (Fsp3) is 0.929. The summed E-state index contributed by atoms with van der Waals surface area (Å²) >= 11 is 0. The third-order valence-electron chi connectivity index (χ3n) is 5.11. The van der Waals surface area contributed by atoms with Crippen molar-refractivity contribution in [2.24, 2.45) is 23.2 Å². The summed E-state index contributed by atoms with van der Waals surface area (Å²) in [6.45, 7) is 8.66. The monoisotopic (exact) mass is 236 g/mol. The fourth-order valence-corrected chi connectivity index (χ4v) is 3.78. The van der Waals surface area contributed by atoms with Crippen molar-refractivity contribution in [3.8, 4) is 0 Å². The number of amides is 1.